The molecule has 20 heavy (non-hydrogen) atoms. The molecule has 2 rings (SSSR count). The zero-order valence-electron chi connectivity index (χ0n) is 12.0. The molecule has 1 aliphatic rings. The van der Waals surface area contributed by atoms with E-state index < -0.39 is 0 Å². The normalized spacial score (nSPS) is 17.6. The van der Waals surface area contributed by atoms with Crippen LogP contribution in [0.1, 0.15) is 26.3 Å². The van der Waals surface area contributed by atoms with E-state index in [1.54, 1.807) is 11.8 Å². The molecular formula is C15H20N2O2S. The lowest BCUT2D eigenvalue weighted by atomic mass is 10.1. The molecule has 0 bridgehead atoms. The van der Waals surface area contributed by atoms with Crippen LogP contribution < -0.4 is 10.6 Å². The number of hydrogen-bond donors (Lipinski definition) is 2. The maximum absolute atomic E-state index is 11.8. The van der Waals surface area contributed by atoms with E-state index in [4.69, 9.17) is 0 Å². The Bertz CT molecular complexity index is 529. The average Bonchev–Trinajstić information content (AvgIpc) is 2.38. The van der Waals surface area contributed by atoms with Gasteiger partial charge in [-0.25, -0.2) is 0 Å². The first-order chi connectivity index (χ1) is 9.45. The molecule has 0 aromatic heterocycles. The van der Waals surface area contributed by atoms with E-state index in [-0.39, 0.29) is 17.1 Å². The smallest absolute Gasteiger partial charge is 0.237 e. The zero-order valence-corrected chi connectivity index (χ0v) is 12.8. The molecule has 0 saturated heterocycles. The first kappa shape index (κ1) is 14.9. The second-order valence-electron chi connectivity index (χ2n) is 5.45. The predicted molar refractivity (Wildman–Crippen MR) is 81.9 cm³/mol. The standard InChI is InChI=1S/C15H20N2O2S/c1-9(2)8-16-14(18)7-11-4-5-13-12(6-11)17-15(19)10(3)20-13/h4-6,9-10H,7-8H2,1-3H3,(H,16,18)(H,17,19). The summed E-state index contributed by atoms with van der Waals surface area (Å²) in [5.41, 5.74) is 1.73. The van der Waals surface area contributed by atoms with Crippen LogP contribution in [0.15, 0.2) is 23.1 Å². The van der Waals surface area contributed by atoms with Gasteiger partial charge in [0.25, 0.3) is 0 Å². The molecule has 1 aliphatic heterocycles. The van der Waals surface area contributed by atoms with Crippen LogP contribution in [0, 0.1) is 5.92 Å². The van der Waals surface area contributed by atoms with Crippen LogP contribution in [0.2, 0.25) is 0 Å². The lowest BCUT2D eigenvalue weighted by molar-refractivity contribution is -0.120. The maximum Gasteiger partial charge on any atom is 0.237 e. The number of fused-ring (bicyclic) bond motifs is 1. The van der Waals surface area contributed by atoms with Gasteiger partial charge in [-0.15, -0.1) is 11.8 Å². The number of carbonyl (C=O) groups excluding carboxylic acids is 2. The van der Waals surface area contributed by atoms with Gasteiger partial charge in [-0.2, -0.15) is 0 Å². The molecule has 1 atom stereocenters. The van der Waals surface area contributed by atoms with Crippen molar-refractivity contribution in [2.45, 2.75) is 37.3 Å². The van der Waals surface area contributed by atoms with Crippen LogP contribution in [-0.4, -0.2) is 23.6 Å². The first-order valence-electron chi connectivity index (χ1n) is 6.83. The third-order valence-corrected chi connectivity index (χ3v) is 4.22. The molecule has 1 unspecified atom stereocenters. The second-order valence-corrected chi connectivity index (χ2v) is 6.84. The summed E-state index contributed by atoms with van der Waals surface area (Å²) in [6.07, 6.45) is 0.343. The third-order valence-electron chi connectivity index (χ3n) is 3.05. The predicted octanol–water partition coefficient (Wildman–Crippen LogP) is 2.43. The van der Waals surface area contributed by atoms with Crippen molar-refractivity contribution in [3.63, 3.8) is 0 Å². The number of nitrogens with one attached hydrogen (secondary N) is 2. The molecule has 1 aromatic rings. The second kappa shape index (κ2) is 6.31. The number of hydrogen-bond acceptors (Lipinski definition) is 3. The van der Waals surface area contributed by atoms with Crippen LogP contribution in [0.3, 0.4) is 0 Å². The Kier molecular flexibility index (Phi) is 4.70. The Morgan fingerprint density at radius 1 is 1.45 bits per heavy atom. The van der Waals surface area contributed by atoms with E-state index >= 15 is 0 Å². The topological polar surface area (TPSA) is 58.2 Å². The van der Waals surface area contributed by atoms with Gasteiger partial charge in [0.1, 0.15) is 0 Å². The minimum absolute atomic E-state index is 0.0156. The Morgan fingerprint density at radius 2 is 2.20 bits per heavy atom. The van der Waals surface area contributed by atoms with Crippen molar-refractivity contribution in [2.24, 2.45) is 5.92 Å². The van der Waals surface area contributed by atoms with E-state index in [0.29, 0.717) is 18.9 Å². The van der Waals surface area contributed by atoms with Crippen molar-refractivity contribution in [1.82, 2.24) is 5.32 Å². The van der Waals surface area contributed by atoms with E-state index in [0.717, 1.165) is 16.1 Å². The largest absolute Gasteiger partial charge is 0.356 e. The summed E-state index contributed by atoms with van der Waals surface area (Å²) in [6, 6.07) is 5.81. The number of rotatable bonds is 4. The van der Waals surface area contributed by atoms with Gasteiger partial charge < -0.3 is 10.6 Å². The highest BCUT2D eigenvalue weighted by Gasteiger charge is 2.23. The molecule has 0 radical (unpaired) electrons. The maximum atomic E-state index is 11.8. The van der Waals surface area contributed by atoms with Gasteiger partial charge in [0, 0.05) is 11.4 Å². The average molecular weight is 292 g/mol. The molecular weight excluding hydrogens is 272 g/mol. The van der Waals surface area contributed by atoms with E-state index in [9.17, 15) is 9.59 Å². The number of benzene rings is 1. The van der Waals surface area contributed by atoms with Crippen molar-refractivity contribution in [2.75, 3.05) is 11.9 Å². The fourth-order valence-corrected chi connectivity index (χ4v) is 2.86. The summed E-state index contributed by atoms with van der Waals surface area (Å²) >= 11 is 1.55. The van der Waals surface area contributed by atoms with Gasteiger partial charge in [-0.3, -0.25) is 9.59 Å². The van der Waals surface area contributed by atoms with Crippen LogP contribution in [0.5, 0.6) is 0 Å². The molecule has 108 valence electrons. The highest BCUT2D eigenvalue weighted by atomic mass is 32.2. The summed E-state index contributed by atoms with van der Waals surface area (Å²) in [5, 5.41) is 5.71. The molecule has 0 saturated carbocycles. The van der Waals surface area contributed by atoms with E-state index in [2.05, 4.69) is 24.5 Å². The highest BCUT2D eigenvalue weighted by Crippen LogP contribution is 2.35. The monoisotopic (exact) mass is 292 g/mol. The lowest BCUT2D eigenvalue weighted by Crippen LogP contribution is -2.29. The van der Waals surface area contributed by atoms with Crippen molar-refractivity contribution in [1.29, 1.82) is 0 Å². The molecule has 0 aliphatic carbocycles. The Morgan fingerprint density at radius 3 is 2.90 bits per heavy atom. The number of carbonyl (C=O) groups is 2. The molecule has 1 heterocycles. The number of thioether (sulfide) groups is 1. The molecule has 5 heteroatoms. The van der Waals surface area contributed by atoms with Crippen molar-refractivity contribution in [3.05, 3.63) is 23.8 Å². The third kappa shape index (κ3) is 3.76. The Labute approximate surface area is 123 Å². The van der Waals surface area contributed by atoms with Gasteiger partial charge in [-0.1, -0.05) is 19.9 Å². The Hall–Kier alpha value is -1.49. The summed E-state index contributed by atoms with van der Waals surface area (Å²) in [5.74, 6) is 0.477. The van der Waals surface area contributed by atoms with Gasteiger partial charge in [-0.05, 0) is 30.5 Å². The molecule has 2 amide bonds. The summed E-state index contributed by atoms with van der Waals surface area (Å²) in [4.78, 5) is 24.5. The van der Waals surface area contributed by atoms with Crippen molar-refractivity contribution < 1.29 is 9.59 Å². The summed E-state index contributed by atoms with van der Waals surface area (Å²) in [6.45, 7) is 6.70. The zero-order chi connectivity index (χ0) is 14.7. The van der Waals surface area contributed by atoms with Crippen molar-refractivity contribution in [3.8, 4) is 0 Å². The molecule has 2 N–H and O–H groups in total. The molecule has 0 fully saturated rings. The fourth-order valence-electron chi connectivity index (χ4n) is 1.93. The summed E-state index contributed by atoms with van der Waals surface area (Å²) < 4.78 is 0. The molecule has 4 nitrogen and oxygen atoms in total. The highest BCUT2D eigenvalue weighted by molar-refractivity contribution is 8.00. The summed E-state index contributed by atoms with van der Waals surface area (Å²) in [7, 11) is 0. The van der Waals surface area contributed by atoms with E-state index in [1.165, 1.54) is 0 Å². The quantitative estimate of drug-likeness (QED) is 0.896. The van der Waals surface area contributed by atoms with Crippen LogP contribution in [0.25, 0.3) is 0 Å². The number of anilines is 1. The SMILES string of the molecule is CC(C)CNC(=O)Cc1ccc2c(c1)NC(=O)C(C)S2. The van der Waals surface area contributed by atoms with Crippen LogP contribution in [0.4, 0.5) is 5.69 Å². The minimum atomic E-state index is -0.0670. The fraction of sp³-hybridized carbons (Fsp3) is 0.467. The Balaban J connectivity index is 2.02. The number of amides is 2. The van der Waals surface area contributed by atoms with Crippen LogP contribution in [-0.2, 0) is 16.0 Å². The lowest BCUT2D eigenvalue weighted by Gasteiger charge is -2.21. The molecule has 0 spiro atoms. The van der Waals surface area contributed by atoms with E-state index in [1.807, 2.05) is 25.1 Å². The van der Waals surface area contributed by atoms with Crippen molar-refractivity contribution >= 4 is 29.3 Å². The molecule has 1 aromatic carbocycles. The van der Waals surface area contributed by atoms with Gasteiger partial charge in [0.15, 0.2) is 0 Å². The van der Waals surface area contributed by atoms with Crippen LogP contribution >= 0.6 is 11.8 Å². The van der Waals surface area contributed by atoms with Gasteiger partial charge in [0.2, 0.25) is 11.8 Å². The van der Waals surface area contributed by atoms with Gasteiger partial charge >= 0.3 is 0 Å². The van der Waals surface area contributed by atoms with Gasteiger partial charge in [0.05, 0.1) is 17.4 Å². The first-order valence-corrected chi connectivity index (χ1v) is 7.71. The minimum Gasteiger partial charge on any atom is -0.356 e.